The van der Waals surface area contributed by atoms with Crippen molar-refractivity contribution in [3.63, 3.8) is 0 Å². The molecule has 2 heterocycles. The molecule has 34 heavy (non-hydrogen) atoms. The molecule has 3 aromatic rings. The highest BCUT2D eigenvalue weighted by molar-refractivity contribution is 8.00. The van der Waals surface area contributed by atoms with E-state index in [1.165, 1.54) is 33.8 Å². The van der Waals surface area contributed by atoms with Gasteiger partial charge < -0.3 is 10.1 Å². The number of morpholine rings is 1. The number of sulfonamides is 1. The van der Waals surface area contributed by atoms with Crippen LogP contribution in [0.2, 0.25) is 0 Å². The summed E-state index contributed by atoms with van der Waals surface area (Å²) >= 11 is 1.40. The number of pyridine rings is 1. The number of amides is 1. The molecule has 9 heteroatoms. The fourth-order valence-electron chi connectivity index (χ4n) is 4.00. The van der Waals surface area contributed by atoms with Crippen molar-refractivity contribution in [3.05, 3.63) is 59.2 Å². The highest BCUT2D eigenvalue weighted by atomic mass is 32.2. The lowest BCUT2D eigenvalue weighted by molar-refractivity contribution is -0.115. The Balaban J connectivity index is 1.44. The van der Waals surface area contributed by atoms with Gasteiger partial charge in [0, 0.05) is 24.2 Å². The quantitative estimate of drug-likeness (QED) is 0.509. The average Bonchev–Trinajstić information content (AvgIpc) is 2.81. The van der Waals surface area contributed by atoms with E-state index in [0.717, 1.165) is 27.1 Å². The predicted octanol–water partition coefficient (Wildman–Crippen LogP) is 4.30. The minimum Gasteiger partial charge on any atom is -0.379 e. The van der Waals surface area contributed by atoms with E-state index in [4.69, 9.17) is 9.72 Å². The number of carbonyl (C=O) groups is 1. The summed E-state index contributed by atoms with van der Waals surface area (Å²) in [5.74, 6) is -0.172. The number of hydrogen-bond donors (Lipinski definition) is 1. The van der Waals surface area contributed by atoms with Gasteiger partial charge in [-0.15, -0.1) is 0 Å². The van der Waals surface area contributed by atoms with Crippen LogP contribution < -0.4 is 5.32 Å². The summed E-state index contributed by atoms with van der Waals surface area (Å²) in [6, 6.07) is 12.6. The van der Waals surface area contributed by atoms with Crippen molar-refractivity contribution >= 4 is 44.3 Å². The van der Waals surface area contributed by atoms with Gasteiger partial charge in [0.05, 0.1) is 33.9 Å². The summed E-state index contributed by atoms with van der Waals surface area (Å²) in [4.78, 5) is 17.8. The van der Waals surface area contributed by atoms with Crippen LogP contribution in [0.4, 0.5) is 5.69 Å². The van der Waals surface area contributed by atoms with Crippen molar-refractivity contribution in [1.82, 2.24) is 9.29 Å². The minimum atomic E-state index is -3.56. The van der Waals surface area contributed by atoms with Gasteiger partial charge in [-0.1, -0.05) is 23.4 Å². The second-order valence-electron chi connectivity index (χ2n) is 8.55. The standard InChI is InChI=1S/C25H29N3O4S2/c1-16-13-18(3)24-22(14-16)17(2)15-23(27-24)33-19(4)25(29)26-20-5-7-21(8-6-20)34(30,31)28-9-11-32-12-10-28/h5-8,13-15,19H,9-12H2,1-4H3,(H,26,29). The highest BCUT2D eigenvalue weighted by Gasteiger charge is 2.26. The normalized spacial score (nSPS) is 15.9. The van der Waals surface area contributed by atoms with Crippen molar-refractivity contribution in [2.45, 2.75) is 42.9 Å². The van der Waals surface area contributed by atoms with Gasteiger partial charge in [-0.05, 0) is 75.2 Å². The summed E-state index contributed by atoms with van der Waals surface area (Å²) in [7, 11) is -3.56. The van der Waals surface area contributed by atoms with Crippen molar-refractivity contribution in [2.24, 2.45) is 0 Å². The first-order chi connectivity index (χ1) is 16.1. The number of rotatable bonds is 6. The molecule has 0 aliphatic carbocycles. The number of nitrogens with zero attached hydrogens (tertiary/aromatic N) is 2. The van der Waals surface area contributed by atoms with E-state index >= 15 is 0 Å². The van der Waals surface area contributed by atoms with Crippen molar-refractivity contribution < 1.29 is 17.9 Å². The van der Waals surface area contributed by atoms with Crippen LogP contribution in [0.1, 0.15) is 23.6 Å². The molecule has 1 amide bonds. The van der Waals surface area contributed by atoms with Gasteiger partial charge in [-0.3, -0.25) is 4.79 Å². The maximum atomic E-state index is 12.8. The van der Waals surface area contributed by atoms with Gasteiger partial charge in [-0.25, -0.2) is 13.4 Å². The number of fused-ring (bicyclic) bond motifs is 1. The smallest absolute Gasteiger partial charge is 0.243 e. The number of hydrogen-bond acceptors (Lipinski definition) is 6. The Morgan fingerprint density at radius 3 is 2.41 bits per heavy atom. The molecule has 0 spiro atoms. The van der Waals surface area contributed by atoms with Crippen LogP contribution in [0.5, 0.6) is 0 Å². The molecule has 1 unspecified atom stereocenters. The minimum absolute atomic E-state index is 0.172. The zero-order valence-electron chi connectivity index (χ0n) is 19.8. The average molecular weight is 500 g/mol. The molecule has 180 valence electrons. The molecule has 0 saturated carbocycles. The fraction of sp³-hybridized carbons (Fsp3) is 0.360. The molecule has 0 radical (unpaired) electrons. The van der Waals surface area contributed by atoms with Crippen molar-refractivity contribution in [2.75, 3.05) is 31.6 Å². The molecule has 1 aliphatic heterocycles. The summed E-state index contributed by atoms with van der Waals surface area (Å²) in [5, 5.41) is 4.42. The van der Waals surface area contributed by atoms with Gasteiger partial charge in [0.25, 0.3) is 0 Å². The van der Waals surface area contributed by atoms with E-state index in [2.05, 4.69) is 38.2 Å². The zero-order chi connectivity index (χ0) is 24.5. The van der Waals surface area contributed by atoms with Crippen LogP contribution in [-0.4, -0.2) is 55.2 Å². The lowest BCUT2D eigenvalue weighted by Crippen LogP contribution is -2.40. The Kier molecular flexibility index (Phi) is 7.28. The lowest BCUT2D eigenvalue weighted by Gasteiger charge is -2.26. The summed E-state index contributed by atoms with van der Waals surface area (Å²) in [5.41, 5.74) is 4.95. The van der Waals surface area contributed by atoms with Gasteiger partial charge in [0.15, 0.2) is 0 Å². The summed E-state index contributed by atoms with van der Waals surface area (Å²) < 4.78 is 32.2. The first-order valence-corrected chi connectivity index (χ1v) is 13.5. The Bertz CT molecular complexity index is 1320. The number of aromatic nitrogens is 1. The molecule has 1 saturated heterocycles. The summed E-state index contributed by atoms with van der Waals surface area (Å²) in [6.45, 7) is 9.50. The Morgan fingerprint density at radius 1 is 1.06 bits per heavy atom. The van der Waals surface area contributed by atoms with E-state index in [1.54, 1.807) is 12.1 Å². The first kappa shape index (κ1) is 24.7. The van der Waals surface area contributed by atoms with E-state index in [-0.39, 0.29) is 16.1 Å². The Morgan fingerprint density at radius 2 is 1.74 bits per heavy atom. The van der Waals surface area contributed by atoms with Crippen LogP contribution in [0.3, 0.4) is 0 Å². The van der Waals surface area contributed by atoms with Crippen molar-refractivity contribution in [3.8, 4) is 0 Å². The van der Waals surface area contributed by atoms with Crippen LogP contribution in [0.15, 0.2) is 52.4 Å². The monoisotopic (exact) mass is 499 g/mol. The molecule has 1 aliphatic rings. The number of thioether (sulfide) groups is 1. The third-order valence-corrected chi connectivity index (χ3v) is 8.76. The van der Waals surface area contributed by atoms with Gasteiger partial charge in [-0.2, -0.15) is 4.31 Å². The number of ether oxygens (including phenoxy) is 1. The molecule has 1 aromatic heterocycles. The molecule has 1 N–H and O–H groups in total. The first-order valence-electron chi connectivity index (χ1n) is 11.2. The van der Waals surface area contributed by atoms with Gasteiger partial charge >= 0.3 is 0 Å². The van der Waals surface area contributed by atoms with Gasteiger partial charge in [0.1, 0.15) is 0 Å². The number of carbonyl (C=O) groups excluding carboxylic acids is 1. The van der Waals surface area contributed by atoms with E-state index in [1.807, 2.05) is 13.0 Å². The maximum Gasteiger partial charge on any atom is 0.243 e. The SMILES string of the molecule is Cc1cc(C)c2nc(SC(C)C(=O)Nc3ccc(S(=O)(=O)N4CCOCC4)cc3)cc(C)c2c1. The molecule has 4 rings (SSSR count). The molecule has 7 nitrogen and oxygen atoms in total. The van der Waals surface area contributed by atoms with Crippen LogP contribution >= 0.6 is 11.8 Å². The Hall–Kier alpha value is -2.46. The fourth-order valence-corrected chi connectivity index (χ4v) is 6.32. The zero-order valence-corrected chi connectivity index (χ0v) is 21.4. The topological polar surface area (TPSA) is 88.6 Å². The second-order valence-corrected chi connectivity index (χ2v) is 11.8. The highest BCUT2D eigenvalue weighted by Crippen LogP contribution is 2.29. The maximum absolute atomic E-state index is 12.8. The van der Waals surface area contributed by atoms with Crippen LogP contribution in [-0.2, 0) is 19.6 Å². The molecule has 0 bridgehead atoms. The summed E-state index contributed by atoms with van der Waals surface area (Å²) in [6.07, 6.45) is 0. The number of aryl methyl sites for hydroxylation is 3. The molecular formula is C25H29N3O4S2. The van der Waals surface area contributed by atoms with E-state index < -0.39 is 10.0 Å². The van der Waals surface area contributed by atoms with Gasteiger partial charge in [0.2, 0.25) is 15.9 Å². The number of anilines is 1. The molecular weight excluding hydrogens is 470 g/mol. The number of benzene rings is 2. The Labute approximate surface area is 205 Å². The van der Waals surface area contributed by atoms with Crippen LogP contribution in [0.25, 0.3) is 10.9 Å². The van der Waals surface area contributed by atoms with E-state index in [0.29, 0.717) is 32.0 Å². The largest absolute Gasteiger partial charge is 0.379 e. The third kappa shape index (κ3) is 5.27. The molecule has 2 aromatic carbocycles. The van der Waals surface area contributed by atoms with Crippen molar-refractivity contribution in [1.29, 1.82) is 0 Å². The van der Waals surface area contributed by atoms with E-state index in [9.17, 15) is 13.2 Å². The molecule has 1 atom stereocenters. The predicted molar refractivity (Wildman–Crippen MR) is 136 cm³/mol. The number of nitrogens with one attached hydrogen (secondary N) is 1. The third-order valence-electron chi connectivity index (χ3n) is 5.83. The second kappa shape index (κ2) is 10.0. The van der Waals surface area contributed by atoms with Crippen LogP contribution in [0, 0.1) is 20.8 Å². The lowest BCUT2D eigenvalue weighted by atomic mass is 10.0. The molecule has 1 fully saturated rings.